The number of aryl methyl sites for hydroxylation is 1. The number of hydrogen-bond donors (Lipinski definition) is 1. The average Bonchev–Trinajstić information content (AvgIpc) is 2.86. The van der Waals surface area contributed by atoms with Crippen molar-refractivity contribution in [2.24, 2.45) is 0 Å². The maximum absolute atomic E-state index is 15.0. The molecule has 7 nitrogen and oxygen atoms in total. The fourth-order valence-electron chi connectivity index (χ4n) is 3.92. The number of nitrogens with zero attached hydrogens (tertiary/aromatic N) is 2. The van der Waals surface area contributed by atoms with E-state index in [1.165, 1.54) is 42.2 Å². The van der Waals surface area contributed by atoms with E-state index in [4.69, 9.17) is 23.2 Å². The predicted octanol–water partition coefficient (Wildman–Crippen LogP) is 5.97. The van der Waals surface area contributed by atoms with Crippen molar-refractivity contribution in [1.29, 1.82) is 0 Å². The maximum atomic E-state index is 15.0. The van der Waals surface area contributed by atoms with Crippen LogP contribution in [0.2, 0.25) is 10.0 Å². The number of para-hydroxylation sites is 1. The quantitative estimate of drug-likeness (QED) is 0.325. The highest BCUT2D eigenvalue weighted by Crippen LogP contribution is 2.29. The minimum absolute atomic E-state index is 0.117. The summed E-state index contributed by atoms with van der Waals surface area (Å²) >= 11 is 12.8. The molecule has 0 radical (unpaired) electrons. The lowest BCUT2D eigenvalue weighted by atomic mass is 10.1. The van der Waals surface area contributed by atoms with Crippen LogP contribution in [-0.4, -0.2) is 43.3 Å². The second-order valence-corrected chi connectivity index (χ2v) is 13.1. The Hall–Kier alpha value is -3.14. The van der Waals surface area contributed by atoms with Gasteiger partial charge in [0, 0.05) is 27.7 Å². The number of carbonyl (C=O) groups is 2. The second kappa shape index (κ2) is 12.6. The number of nitrogens with one attached hydrogen (secondary N) is 1. The van der Waals surface area contributed by atoms with Crippen LogP contribution in [-0.2, 0) is 26.2 Å². The van der Waals surface area contributed by atoms with Crippen LogP contribution >= 0.6 is 23.2 Å². The summed E-state index contributed by atoms with van der Waals surface area (Å²) in [7, 11) is -4.39. The lowest BCUT2D eigenvalue weighted by Gasteiger charge is -2.34. The summed E-state index contributed by atoms with van der Waals surface area (Å²) in [6, 6.07) is 15.1. The lowest BCUT2D eigenvalue weighted by Crippen LogP contribution is -2.54. The number of carbonyl (C=O) groups excluding carboxylic acids is 2. The molecule has 0 aliphatic carbocycles. The third-order valence-electron chi connectivity index (χ3n) is 6.06. The van der Waals surface area contributed by atoms with Crippen LogP contribution in [0.15, 0.2) is 71.6 Å². The molecule has 1 N–H and O–H groups in total. The summed E-state index contributed by atoms with van der Waals surface area (Å²) < 4.78 is 43.3. The monoisotopic (exact) mass is 607 g/mol. The van der Waals surface area contributed by atoms with Crippen molar-refractivity contribution < 1.29 is 22.4 Å². The van der Waals surface area contributed by atoms with Gasteiger partial charge in [0.25, 0.3) is 10.0 Å². The molecule has 0 aromatic heterocycles. The van der Waals surface area contributed by atoms with Crippen molar-refractivity contribution in [3.8, 4) is 0 Å². The normalized spacial score (nSPS) is 12.5. The highest BCUT2D eigenvalue weighted by molar-refractivity contribution is 7.92. The third kappa shape index (κ3) is 7.53. The Labute approximate surface area is 244 Å². The zero-order valence-electron chi connectivity index (χ0n) is 22.9. The Bertz CT molecular complexity index is 1470. The van der Waals surface area contributed by atoms with Crippen molar-refractivity contribution >= 4 is 50.7 Å². The fraction of sp³-hybridized carbons (Fsp3) is 0.310. The van der Waals surface area contributed by atoms with Crippen LogP contribution < -0.4 is 9.62 Å². The summed E-state index contributed by atoms with van der Waals surface area (Å²) in [6.07, 6.45) is 0. The van der Waals surface area contributed by atoms with Gasteiger partial charge in [0.05, 0.1) is 10.6 Å². The molecule has 1 unspecified atom stereocenters. The van der Waals surface area contributed by atoms with Crippen molar-refractivity contribution in [2.45, 2.75) is 57.6 Å². The van der Waals surface area contributed by atoms with Gasteiger partial charge in [0.2, 0.25) is 11.8 Å². The number of benzene rings is 3. The zero-order valence-corrected chi connectivity index (χ0v) is 25.2. The standard InChI is InChI=1S/C29H32Cl2FN3O4S/c1-19-13-15-21(16-14-19)40(38,39)35(26-12-7-6-11-25(26)32)18-27(36)34(20(2)28(37)33-29(3,4)5)17-22-23(30)9-8-10-24(22)31/h6-16,20H,17-18H2,1-5H3,(H,33,37). The van der Waals surface area contributed by atoms with Crippen LogP contribution in [0.4, 0.5) is 10.1 Å². The van der Waals surface area contributed by atoms with E-state index in [1.54, 1.807) is 58.0 Å². The summed E-state index contributed by atoms with van der Waals surface area (Å²) in [5.74, 6) is -2.06. The van der Waals surface area contributed by atoms with E-state index in [2.05, 4.69) is 5.32 Å². The Morgan fingerprint density at radius 3 is 2.08 bits per heavy atom. The van der Waals surface area contributed by atoms with Gasteiger partial charge in [0.1, 0.15) is 18.4 Å². The molecule has 0 bridgehead atoms. The van der Waals surface area contributed by atoms with Crippen molar-refractivity contribution in [1.82, 2.24) is 10.2 Å². The van der Waals surface area contributed by atoms with Crippen molar-refractivity contribution in [3.05, 3.63) is 93.7 Å². The Morgan fingerprint density at radius 1 is 0.950 bits per heavy atom. The molecule has 0 saturated carbocycles. The largest absolute Gasteiger partial charge is 0.350 e. The molecule has 0 saturated heterocycles. The van der Waals surface area contributed by atoms with Gasteiger partial charge in [-0.05, 0) is 71.0 Å². The number of hydrogen-bond acceptors (Lipinski definition) is 4. The Balaban J connectivity index is 2.09. The molecule has 0 aliphatic heterocycles. The Morgan fingerprint density at radius 2 is 1.52 bits per heavy atom. The first-order valence-electron chi connectivity index (χ1n) is 12.5. The van der Waals surface area contributed by atoms with E-state index in [-0.39, 0.29) is 27.2 Å². The third-order valence-corrected chi connectivity index (χ3v) is 8.55. The molecule has 0 spiro atoms. The molecule has 1 atom stereocenters. The van der Waals surface area contributed by atoms with E-state index in [9.17, 15) is 22.4 Å². The summed E-state index contributed by atoms with van der Waals surface area (Å²) in [6.45, 7) is 7.73. The topological polar surface area (TPSA) is 86.8 Å². The van der Waals surface area contributed by atoms with E-state index in [0.29, 0.717) is 9.87 Å². The molecule has 0 fully saturated rings. The molecule has 0 aliphatic rings. The molecular formula is C29H32Cl2FN3O4S. The highest BCUT2D eigenvalue weighted by atomic mass is 35.5. The van der Waals surface area contributed by atoms with Gasteiger partial charge in [-0.25, -0.2) is 12.8 Å². The van der Waals surface area contributed by atoms with Gasteiger partial charge in [0.15, 0.2) is 0 Å². The van der Waals surface area contributed by atoms with E-state index in [1.807, 2.05) is 0 Å². The van der Waals surface area contributed by atoms with Gasteiger partial charge >= 0.3 is 0 Å². The smallest absolute Gasteiger partial charge is 0.264 e. The van der Waals surface area contributed by atoms with Crippen molar-refractivity contribution in [3.63, 3.8) is 0 Å². The minimum Gasteiger partial charge on any atom is -0.350 e. The molecule has 40 heavy (non-hydrogen) atoms. The minimum atomic E-state index is -4.39. The highest BCUT2D eigenvalue weighted by Gasteiger charge is 2.34. The zero-order chi connectivity index (χ0) is 29.8. The summed E-state index contributed by atoms with van der Waals surface area (Å²) in [5, 5.41) is 3.37. The number of rotatable bonds is 9. The first-order valence-corrected chi connectivity index (χ1v) is 14.7. The molecular weight excluding hydrogens is 576 g/mol. The van der Waals surface area contributed by atoms with Gasteiger partial charge in [-0.15, -0.1) is 0 Å². The van der Waals surface area contributed by atoms with Crippen LogP contribution in [0.1, 0.15) is 38.8 Å². The first kappa shape index (κ1) is 31.4. The number of sulfonamides is 1. The average molecular weight is 609 g/mol. The maximum Gasteiger partial charge on any atom is 0.264 e. The lowest BCUT2D eigenvalue weighted by molar-refractivity contribution is -0.140. The number of halogens is 3. The van der Waals surface area contributed by atoms with Gasteiger partial charge in [-0.2, -0.15) is 0 Å². The number of amides is 2. The van der Waals surface area contributed by atoms with E-state index < -0.39 is 45.8 Å². The number of anilines is 1. The molecule has 11 heteroatoms. The van der Waals surface area contributed by atoms with Crippen LogP contribution in [0.5, 0.6) is 0 Å². The van der Waals surface area contributed by atoms with Crippen LogP contribution in [0.3, 0.4) is 0 Å². The molecule has 2 amide bonds. The van der Waals surface area contributed by atoms with Gasteiger partial charge < -0.3 is 10.2 Å². The van der Waals surface area contributed by atoms with E-state index >= 15 is 0 Å². The van der Waals surface area contributed by atoms with Crippen LogP contribution in [0, 0.1) is 12.7 Å². The van der Waals surface area contributed by atoms with E-state index in [0.717, 1.165) is 11.6 Å². The molecule has 214 valence electrons. The fourth-order valence-corrected chi connectivity index (χ4v) is 5.85. The van der Waals surface area contributed by atoms with Gasteiger partial charge in [-0.3, -0.25) is 13.9 Å². The first-order chi connectivity index (χ1) is 18.6. The predicted molar refractivity (Wildman–Crippen MR) is 156 cm³/mol. The molecule has 0 heterocycles. The molecule has 3 rings (SSSR count). The Kier molecular flexibility index (Phi) is 9.87. The summed E-state index contributed by atoms with van der Waals surface area (Å²) in [4.78, 5) is 28.2. The SMILES string of the molecule is Cc1ccc(S(=O)(=O)N(CC(=O)N(Cc2c(Cl)cccc2Cl)C(C)C(=O)NC(C)(C)C)c2ccccc2F)cc1. The second-order valence-electron chi connectivity index (χ2n) is 10.4. The van der Waals surface area contributed by atoms with Crippen LogP contribution in [0.25, 0.3) is 0 Å². The van der Waals surface area contributed by atoms with Gasteiger partial charge in [-0.1, -0.05) is 59.1 Å². The molecule has 3 aromatic rings. The molecule has 3 aromatic carbocycles. The summed E-state index contributed by atoms with van der Waals surface area (Å²) in [5.41, 5.74) is 0.303. The van der Waals surface area contributed by atoms with Crippen molar-refractivity contribution in [2.75, 3.05) is 10.8 Å².